The van der Waals surface area contributed by atoms with Crippen molar-refractivity contribution < 1.29 is 29.6 Å². The Labute approximate surface area is 283 Å². The van der Waals surface area contributed by atoms with Crippen LogP contribution in [0.25, 0.3) is 0 Å². The van der Waals surface area contributed by atoms with E-state index in [1.54, 1.807) is 0 Å². The van der Waals surface area contributed by atoms with Gasteiger partial charge in [0.15, 0.2) is 11.9 Å². The zero-order valence-electron chi connectivity index (χ0n) is 28.2. The zero-order valence-corrected chi connectivity index (χ0v) is 28.2. The van der Waals surface area contributed by atoms with Crippen molar-refractivity contribution in [2.45, 2.75) is 118 Å². The van der Waals surface area contributed by atoms with Crippen molar-refractivity contribution in [2.24, 2.45) is 0 Å². The summed E-state index contributed by atoms with van der Waals surface area (Å²) in [7, 11) is 0. The Balaban J connectivity index is 0.000000131. The average Bonchev–Trinajstić information content (AvgIpc) is 3.61. The van der Waals surface area contributed by atoms with Crippen molar-refractivity contribution in [3.63, 3.8) is 0 Å². The maximum Gasteiger partial charge on any atom is 0.174 e. The van der Waals surface area contributed by atoms with Gasteiger partial charge in [0.1, 0.15) is 17.6 Å². The maximum absolute atomic E-state index is 12.7. The highest BCUT2D eigenvalue weighted by Gasteiger charge is 2.74. The fourth-order valence-corrected chi connectivity index (χ4v) is 12.1. The van der Waals surface area contributed by atoms with Crippen molar-refractivity contribution in [1.29, 1.82) is 0 Å². The number of rotatable bonds is 4. The quantitative estimate of drug-likeness (QED) is 0.431. The fraction of sp³-hybridized carbons (Fsp3) is 0.575. The number of piperidine rings is 2. The number of aliphatic hydroxyl groups excluding tert-OH is 1. The van der Waals surface area contributed by atoms with E-state index in [-0.39, 0.29) is 24.0 Å². The summed E-state index contributed by atoms with van der Waals surface area (Å²) in [6, 6.07) is 8.68. The molecular weight excluding hydrogens is 604 g/mol. The van der Waals surface area contributed by atoms with Crippen LogP contribution in [-0.2, 0) is 28.5 Å². The second-order valence-corrected chi connectivity index (χ2v) is 15.9. The molecule has 2 aromatic carbocycles. The van der Waals surface area contributed by atoms with E-state index in [1.165, 1.54) is 16.7 Å². The Bertz CT molecular complexity index is 1760. The number of aryl methyl sites for hydroxylation is 2. The highest BCUT2D eigenvalue weighted by Crippen LogP contribution is 2.65. The van der Waals surface area contributed by atoms with Crippen LogP contribution in [0.15, 0.2) is 49.6 Å². The van der Waals surface area contributed by atoms with Crippen molar-refractivity contribution in [1.82, 2.24) is 9.80 Å². The number of hydrogen-bond donors (Lipinski definition) is 3. The summed E-state index contributed by atoms with van der Waals surface area (Å²) in [4.78, 5) is 17.4. The molecule has 48 heavy (non-hydrogen) atoms. The number of benzene rings is 2. The van der Waals surface area contributed by atoms with Crippen LogP contribution < -0.4 is 9.47 Å². The maximum atomic E-state index is 12.7. The lowest BCUT2D eigenvalue weighted by atomic mass is 9.48. The molecule has 4 aliphatic carbocycles. The number of nitrogens with zero attached hydrogens (tertiary/aromatic N) is 2. The highest BCUT2D eigenvalue weighted by atomic mass is 16.5. The van der Waals surface area contributed by atoms with Gasteiger partial charge >= 0.3 is 0 Å². The van der Waals surface area contributed by atoms with E-state index in [2.05, 4.69) is 54.1 Å². The molecule has 2 spiro atoms. The number of carbonyl (C=O) groups is 1. The Hall–Kier alpha value is -3.01. The van der Waals surface area contributed by atoms with Gasteiger partial charge in [0.2, 0.25) is 0 Å². The second kappa shape index (κ2) is 10.3. The minimum atomic E-state index is -0.890. The van der Waals surface area contributed by atoms with Crippen molar-refractivity contribution in [2.75, 3.05) is 26.2 Å². The van der Waals surface area contributed by atoms with Gasteiger partial charge in [0.25, 0.3) is 0 Å². The first-order chi connectivity index (χ1) is 23.1. The van der Waals surface area contributed by atoms with Crippen molar-refractivity contribution in [3.8, 4) is 11.5 Å². The molecule has 10 rings (SSSR count). The van der Waals surface area contributed by atoms with Gasteiger partial charge in [0.05, 0.1) is 28.1 Å². The molecule has 9 atom stereocenters. The van der Waals surface area contributed by atoms with Crippen LogP contribution in [0.2, 0.25) is 0 Å². The normalized spacial score (nSPS) is 40.9. The van der Waals surface area contributed by atoms with Gasteiger partial charge in [-0.05, 0) is 87.6 Å². The van der Waals surface area contributed by atoms with Crippen LogP contribution in [0.4, 0.5) is 0 Å². The van der Waals surface area contributed by atoms with Gasteiger partial charge < -0.3 is 24.8 Å². The van der Waals surface area contributed by atoms with Gasteiger partial charge in [-0.2, -0.15) is 0 Å². The van der Waals surface area contributed by atoms with Crippen LogP contribution >= 0.6 is 0 Å². The molecule has 2 saturated carbocycles. The van der Waals surface area contributed by atoms with E-state index in [1.807, 2.05) is 19.1 Å². The van der Waals surface area contributed by atoms with Crippen LogP contribution in [-0.4, -0.2) is 98.7 Å². The third-order valence-corrected chi connectivity index (χ3v) is 14.1. The molecule has 4 aliphatic heterocycles. The zero-order chi connectivity index (χ0) is 33.4. The molecule has 8 heteroatoms. The minimum absolute atomic E-state index is 0.0320. The largest absolute Gasteiger partial charge is 0.486 e. The number of hydrogen-bond acceptors (Lipinski definition) is 8. The standard InChI is InChI=1S/C20H25NO3.C20H23NO3/c2*1-3-9-21-10-8-19-16-13-5-4-12(2)17(16)24-18(19)14(22)6-7-20(19,23)15(21)11-13/h3-5,14-15,18,22-23H,1,6-11H2,2H3;3-5,15,18,23H,1,6-11H2,2H3/t14-,15?,18-,19-,20+;15?,18-,19-,20+/m00/s1. The van der Waals surface area contributed by atoms with Gasteiger partial charge in [-0.25, -0.2) is 0 Å². The lowest BCUT2D eigenvalue weighted by Gasteiger charge is -2.63. The van der Waals surface area contributed by atoms with Crippen molar-refractivity contribution >= 4 is 5.78 Å². The molecule has 4 bridgehead atoms. The summed E-state index contributed by atoms with van der Waals surface area (Å²) in [5.74, 6) is 1.94. The summed E-state index contributed by atoms with van der Waals surface area (Å²) < 4.78 is 12.6. The molecular formula is C40H48N2O6. The van der Waals surface area contributed by atoms with Crippen molar-refractivity contribution in [3.05, 3.63) is 83.0 Å². The lowest BCUT2D eigenvalue weighted by molar-refractivity contribution is -0.206. The Morgan fingerprint density at radius 2 is 1.35 bits per heavy atom. The summed E-state index contributed by atoms with van der Waals surface area (Å²) >= 11 is 0. The first-order valence-electron chi connectivity index (χ1n) is 18.0. The van der Waals surface area contributed by atoms with Gasteiger partial charge in [-0.1, -0.05) is 36.4 Å². The number of likely N-dealkylation sites (tertiary alicyclic amines) is 2. The fourth-order valence-electron chi connectivity index (χ4n) is 12.1. The molecule has 8 nitrogen and oxygen atoms in total. The summed E-state index contributed by atoms with van der Waals surface area (Å²) in [6.45, 7) is 15.2. The predicted octanol–water partition coefficient (Wildman–Crippen LogP) is 3.60. The molecule has 4 fully saturated rings. The molecule has 0 radical (unpaired) electrons. The molecule has 0 aromatic heterocycles. The second-order valence-electron chi connectivity index (χ2n) is 15.9. The lowest BCUT2D eigenvalue weighted by Crippen LogP contribution is -2.77. The summed E-state index contributed by atoms with van der Waals surface area (Å²) in [5, 5.41) is 34.6. The molecule has 2 unspecified atom stereocenters. The Morgan fingerprint density at radius 1 is 0.812 bits per heavy atom. The van der Waals surface area contributed by atoms with E-state index in [4.69, 9.17) is 9.47 Å². The number of ketones is 1. The van der Waals surface area contributed by atoms with Crippen LogP contribution in [0.3, 0.4) is 0 Å². The van der Waals surface area contributed by atoms with E-state index in [0.717, 1.165) is 80.1 Å². The number of Topliss-reactive ketones (excluding diaryl/α,β-unsaturated/α-hetero) is 1. The SMILES string of the molecule is C=CCN1CC[C@]23c4c5ccc(C)c4O[C@H]2C(=O)CC[C@@]3(O)C1C5.C=CCN1CC[C@]23c4c5ccc(C)c4O[C@H]2[C@@H](O)CC[C@@]3(O)C1C5. The topological polar surface area (TPSA) is 103 Å². The summed E-state index contributed by atoms with van der Waals surface area (Å²) in [5.41, 5.74) is 4.32. The number of carbonyl (C=O) groups excluding carboxylic acids is 1. The van der Waals surface area contributed by atoms with E-state index < -0.39 is 34.2 Å². The van der Waals surface area contributed by atoms with Gasteiger partial charge in [0, 0.05) is 49.3 Å². The van der Waals surface area contributed by atoms with E-state index >= 15 is 0 Å². The number of aliphatic hydroxyl groups is 3. The average molecular weight is 653 g/mol. The van der Waals surface area contributed by atoms with E-state index in [9.17, 15) is 20.1 Å². The first-order valence-corrected chi connectivity index (χ1v) is 18.0. The Morgan fingerprint density at radius 3 is 1.96 bits per heavy atom. The molecule has 3 N–H and O–H groups in total. The van der Waals surface area contributed by atoms with Crippen LogP contribution in [0, 0.1) is 13.8 Å². The number of ether oxygens (including phenoxy) is 2. The highest BCUT2D eigenvalue weighted by molar-refractivity contribution is 5.89. The first kappa shape index (κ1) is 31.0. The minimum Gasteiger partial charge on any atom is -0.486 e. The third-order valence-electron chi connectivity index (χ3n) is 14.1. The van der Waals surface area contributed by atoms with Crippen LogP contribution in [0.1, 0.15) is 71.9 Å². The molecule has 254 valence electrons. The van der Waals surface area contributed by atoms with Gasteiger partial charge in [-0.15, -0.1) is 13.2 Å². The van der Waals surface area contributed by atoms with E-state index in [0.29, 0.717) is 25.7 Å². The molecule has 2 aromatic rings. The summed E-state index contributed by atoms with van der Waals surface area (Å²) in [6.07, 6.45) is 7.95. The third kappa shape index (κ3) is 3.51. The monoisotopic (exact) mass is 652 g/mol. The molecule has 8 aliphatic rings. The molecule has 2 saturated heterocycles. The van der Waals surface area contributed by atoms with Gasteiger partial charge in [-0.3, -0.25) is 14.6 Å². The predicted molar refractivity (Wildman–Crippen MR) is 182 cm³/mol. The molecule has 4 heterocycles. The van der Waals surface area contributed by atoms with Crippen LogP contribution in [0.5, 0.6) is 11.5 Å². The smallest absolute Gasteiger partial charge is 0.174 e. The Kier molecular flexibility index (Phi) is 6.63. The molecule has 0 amide bonds.